The summed E-state index contributed by atoms with van der Waals surface area (Å²) in [6.07, 6.45) is 3.89. The van der Waals surface area contributed by atoms with Crippen molar-refractivity contribution in [1.29, 1.82) is 0 Å². The molecule has 10 heteroatoms. The summed E-state index contributed by atoms with van der Waals surface area (Å²) in [5, 5.41) is 3.01. The number of carbonyl (C=O) groups is 3. The summed E-state index contributed by atoms with van der Waals surface area (Å²) in [5.41, 5.74) is 6.03. The lowest BCUT2D eigenvalue weighted by Gasteiger charge is -2.64. The normalized spacial score (nSPS) is 27.6. The molecule has 2 amide bonds. The topological polar surface area (TPSA) is 126 Å². The zero-order chi connectivity index (χ0) is 27.7. The highest BCUT2D eigenvalue weighted by Gasteiger charge is 2.68. The van der Waals surface area contributed by atoms with Crippen molar-refractivity contribution in [2.45, 2.75) is 90.3 Å². The van der Waals surface area contributed by atoms with Crippen molar-refractivity contribution in [1.82, 2.24) is 5.32 Å². The molecular weight excluding hydrogens is 487 g/mol. The van der Waals surface area contributed by atoms with Gasteiger partial charge < -0.3 is 29.8 Å². The van der Waals surface area contributed by atoms with E-state index in [1.54, 1.807) is 12.1 Å². The number of unbranched alkanes of at least 4 members (excludes halogenated alkanes) is 1. The fourth-order valence-electron chi connectivity index (χ4n) is 6.57. The molecule has 1 aromatic rings. The Kier molecular flexibility index (Phi) is 8.42. The van der Waals surface area contributed by atoms with Crippen LogP contribution in [0.2, 0.25) is 0 Å². The Morgan fingerprint density at radius 2 is 1.97 bits per heavy atom. The molecule has 4 aliphatic rings. The maximum absolute atomic E-state index is 12.8. The minimum Gasteiger partial charge on any atom is -0.496 e. The van der Waals surface area contributed by atoms with Gasteiger partial charge in [0.05, 0.1) is 31.4 Å². The van der Waals surface area contributed by atoms with Gasteiger partial charge >= 0.3 is 13.1 Å². The molecule has 4 fully saturated rings. The van der Waals surface area contributed by atoms with Crippen LogP contribution in [0.25, 0.3) is 0 Å². The van der Waals surface area contributed by atoms with Crippen LogP contribution in [0, 0.1) is 17.3 Å². The molecule has 0 aromatic heterocycles. The van der Waals surface area contributed by atoms with Gasteiger partial charge in [0.25, 0.3) is 0 Å². The first-order valence-corrected chi connectivity index (χ1v) is 13.7. The predicted molar refractivity (Wildman–Crippen MR) is 142 cm³/mol. The van der Waals surface area contributed by atoms with Crippen molar-refractivity contribution < 1.29 is 33.2 Å². The number of rotatable bonds is 12. The number of nitrogens with one attached hydrogen (secondary N) is 1. The molecule has 3 N–H and O–H groups in total. The highest BCUT2D eigenvalue weighted by Crippen LogP contribution is 2.65. The Balaban J connectivity index is 1.57. The quantitative estimate of drug-likeness (QED) is 0.242. The predicted octanol–water partition coefficient (Wildman–Crippen LogP) is 3.21. The van der Waals surface area contributed by atoms with Crippen LogP contribution in [0.4, 0.5) is 0 Å². The van der Waals surface area contributed by atoms with Gasteiger partial charge in [-0.2, -0.15) is 0 Å². The smallest absolute Gasteiger partial charge is 0.482 e. The van der Waals surface area contributed by atoms with E-state index in [4.69, 9.17) is 24.5 Å². The Morgan fingerprint density at radius 1 is 1.21 bits per heavy atom. The average molecular weight is 528 g/mol. The summed E-state index contributed by atoms with van der Waals surface area (Å²) >= 11 is 0. The average Bonchev–Trinajstić information content (AvgIpc) is 3.24. The third-order valence-corrected chi connectivity index (χ3v) is 8.93. The van der Waals surface area contributed by atoms with Gasteiger partial charge in [0.1, 0.15) is 11.3 Å². The molecule has 3 saturated carbocycles. The number of hydrogen-bond donors (Lipinski definition) is 2. The fraction of sp³-hybridized carbons (Fsp3) is 0.679. The van der Waals surface area contributed by atoms with Crippen molar-refractivity contribution in [2.24, 2.45) is 23.0 Å². The molecule has 38 heavy (non-hydrogen) atoms. The molecule has 208 valence electrons. The molecule has 0 radical (unpaired) electrons. The van der Waals surface area contributed by atoms with Gasteiger partial charge in [-0.15, -0.1) is 0 Å². The Morgan fingerprint density at radius 3 is 2.63 bits per heavy atom. The standard InChI is InChI=1S/C28H41BN2O7/c1-6-7-13-36-26(34)19-10-8-9-17(25(19)35-5)14-22(31-24(33)12-11-23(30)32)29-37-21-16-18-15-20(27(18,2)3)28(21,4)38-29/h8-10,18,20-22H,6-7,11-16H2,1-5H3,(H2,30,32)(H,31,33). The van der Waals surface area contributed by atoms with Crippen LogP contribution in [0.5, 0.6) is 5.75 Å². The van der Waals surface area contributed by atoms with Gasteiger partial charge in [-0.05, 0) is 61.5 Å². The second kappa shape index (κ2) is 11.3. The van der Waals surface area contributed by atoms with E-state index in [0.717, 1.165) is 31.2 Å². The number of carbonyl (C=O) groups excluding carboxylic acids is 3. The van der Waals surface area contributed by atoms with Crippen LogP contribution in [0.15, 0.2) is 18.2 Å². The summed E-state index contributed by atoms with van der Waals surface area (Å²) in [6.45, 7) is 9.08. The van der Waals surface area contributed by atoms with Gasteiger partial charge in [0.2, 0.25) is 11.8 Å². The van der Waals surface area contributed by atoms with Crippen LogP contribution in [-0.4, -0.2) is 56.3 Å². The minimum absolute atomic E-state index is 0.0299. The van der Waals surface area contributed by atoms with E-state index in [1.807, 2.05) is 13.0 Å². The van der Waals surface area contributed by atoms with Gasteiger partial charge in [-0.1, -0.05) is 39.3 Å². The first kappa shape index (κ1) is 28.4. The number of hydrogen-bond acceptors (Lipinski definition) is 7. The lowest BCUT2D eigenvalue weighted by atomic mass is 9.43. The van der Waals surface area contributed by atoms with Crippen molar-refractivity contribution in [3.8, 4) is 5.75 Å². The van der Waals surface area contributed by atoms with E-state index in [-0.39, 0.29) is 30.3 Å². The number of benzene rings is 1. The summed E-state index contributed by atoms with van der Waals surface area (Å²) in [6, 6.07) is 5.30. The number of ether oxygens (including phenoxy) is 2. The number of nitrogens with two attached hydrogens (primary N) is 1. The second-order valence-electron chi connectivity index (χ2n) is 11.7. The molecule has 1 heterocycles. The van der Waals surface area contributed by atoms with Crippen molar-refractivity contribution in [2.75, 3.05) is 13.7 Å². The molecule has 0 spiro atoms. The van der Waals surface area contributed by atoms with Crippen molar-refractivity contribution in [3.05, 3.63) is 29.3 Å². The lowest BCUT2D eigenvalue weighted by molar-refractivity contribution is -0.199. The zero-order valence-electron chi connectivity index (χ0n) is 23.2. The van der Waals surface area contributed by atoms with Gasteiger partial charge in [0, 0.05) is 12.8 Å². The highest BCUT2D eigenvalue weighted by atomic mass is 16.7. The Bertz CT molecular complexity index is 1060. The van der Waals surface area contributed by atoms with Crippen molar-refractivity contribution in [3.63, 3.8) is 0 Å². The summed E-state index contributed by atoms with van der Waals surface area (Å²) in [5.74, 6) is -0.527. The SMILES string of the molecule is CCCCOC(=O)c1cccc(CC(NC(=O)CCC(N)=O)B2OC3CC4CC(C4(C)C)C3(C)O2)c1OC. The molecule has 2 bridgehead atoms. The van der Waals surface area contributed by atoms with Crippen molar-refractivity contribution >= 4 is 24.9 Å². The van der Waals surface area contributed by atoms with E-state index in [2.05, 4.69) is 26.1 Å². The number of amides is 2. The van der Waals surface area contributed by atoms with Gasteiger partial charge in [-0.25, -0.2) is 4.79 Å². The molecule has 1 aliphatic heterocycles. The molecule has 1 saturated heterocycles. The van der Waals surface area contributed by atoms with Gasteiger partial charge in [-0.3, -0.25) is 9.59 Å². The summed E-state index contributed by atoms with van der Waals surface area (Å²) in [4.78, 5) is 36.8. The number of esters is 1. The maximum Gasteiger partial charge on any atom is 0.482 e. The molecule has 5 atom stereocenters. The maximum atomic E-state index is 12.8. The second-order valence-corrected chi connectivity index (χ2v) is 11.7. The van der Waals surface area contributed by atoms with E-state index >= 15 is 0 Å². The lowest BCUT2D eigenvalue weighted by Crippen LogP contribution is -2.65. The molecule has 3 aliphatic carbocycles. The summed E-state index contributed by atoms with van der Waals surface area (Å²) < 4.78 is 24.2. The minimum atomic E-state index is -0.692. The monoisotopic (exact) mass is 528 g/mol. The number of primary amides is 1. The highest BCUT2D eigenvalue weighted by molar-refractivity contribution is 6.48. The summed E-state index contributed by atoms with van der Waals surface area (Å²) in [7, 11) is 0.817. The fourth-order valence-corrected chi connectivity index (χ4v) is 6.57. The van der Waals surface area contributed by atoms with Crippen LogP contribution in [0.1, 0.15) is 82.1 Å². The Hall–Kier alpha value is -2.59. The first-order chi connectivity index (χ1) is 18.0. The number of methoxy groups -OCH3 is 1. The Labute approximate surface area is 225 Å². The molecule has 9 nitrogen and oxygen atoms in total. The van der Waals surface area contributed by atoms with E-state index < -0.39 is 30.5 Å². The largest absolute Gasteiger partial charge is 0.496 e. The third-order valence-electron chi connectivity index (χ3n) is 8.93. The van der Waals surface area contributed by atoms with Crippen LogP contribution >= 0.6 is 0 Å². The van der Waals surface area contributed by atoms with E-state index in [9.17, 15) is 14.4 Å². The van der Waals surface area contributed by atoms with E-state index in [1.165, 1.54) is 7.11 Å². The molecule has 5 rings (SSSR count). The third kappa shape index (κ3) is 5.43. The van der Waals surface area contributed by atoms with Crippen LogP contribution in [-0.2, 0) is 30.1 Å². The van der Waals surface area contributed by atoms with Crippen LogP contribution in [0.3, 0.4) is 0 Å². The molecular formula is C28H41BN2O7. The van der Waals surface area contributed by atoms with E-state index in [0.29, 0.717) is 36.2 Å². The number of para-hydroxylation sites is 1. The van der Waals surface area contributed by atoms with Gasteiger partial charge in [0.15, 0.2) is 0 Å². The van der Waals surface area contributed by atoms with Crippen LogP contribution < -0.4 is 15.8 Å². The zero-order valence-corrected chi connectivity index (χ0v) is 23.2. The molecule has 1 aromatic carbocycles. The first-order valence-electron chi connectivity index (χ1n) is 13.7. The molecule has 5 unspecified atom stereocenters.